The second-order valence-electron chi connectivity index (χ2n) is 8.37. The van der Waals surface area contributed by atoms with Gasteiger partial charge in [0.2, 0.25) is 5.91 Å². The van der Waals surface area contributed by atoms with E-state index in [0.29, 0.717) is 19.5 Å². The molecular weight excluding hydrogens is 410 g/mol. The van der Waals surface area contributed by atoms with Gasteiger partial charge in [-0.2, -0.15) is 0 Å². The molecular formula is C23H27N5O4. The monoisotopic (exact) mass is 437 g/mol. The Morgan fingerprint density at radius 1 is 1.19 bits per heavy atom. The van der Waals surface area contributed by atoms with Crippen molar-refractivity contribution in [2.75, 3.05) is 24.5 Å². The third-order valence-corrected chi connectivity index (χ3v) is 5.70. The summed E-state index contributed by atoms with van der Waals surface area (Å²) in [7, 11) is 0. The lowest BCUT2D eigenvalue weighted by molar-refractivity contribution is -0.384. The lowest BCUT2D eigenvalue weighted by Crippen LogP contribution is -2.47. The standard InChI is InChI=1S/C23H27N5O4/c1-15-12-27(13-16(2)32-15)23-20-14-26(11-10-21(20)24-17(3)25-23)22(29)9-6-18-4-7-19(8-5-18)28(30)31/h4-9,15-16H,10-14H2,1-3H3/b9-6+. The van der Waals surface area contributed by atoms with E-state index in [1.165, 1.54) is 18.2 Å². The van der Waals surface area contributed by atoms with Gasteiger partial charge in [0, 0.05) is 49.8 Å². The number of fused-ring (bicyclic) bond motifs is 1. The summed E-state index contributed by atoms with van der Waals surface area (Å²) >= 11 is 0. The summed E-state index contributed by atoms with van der Waals surface area (Å²) in [6, 6.07) is 6.11. The second kappa shape index (κ2) is 9.04. The summed E-state index contributed by atoms with van der Waals surface area (Å²) in [6.07, 6.45) is 4.09. The summed E-state index contributed by atoms with van der Waals surface area (Å²) in [6.45, 7) is 8.56. The molecule has 0 spiro atoms. The minimum Gasteiger partial charge on any atom is -0.372 e. The van der Waals surface area contributed by atoms with Gasteiger partial charge in [0.05, 0.1) is 29.4 Å². The van der Waals surface area contributed by atoms with E-state index in [1.54, 1.807) is 23.1 Å². The van der Waals surface area contributed by atoms with Crippen molar-refractivity contribution in [2.45, 2.75) is 45.9 Å². The predicted octanol–water partition coefficient (Wildman–Crippen LogP) is 2.90. The number of hydrogen-bond donors (Lipinski definition) is 0. The molecule has 1 aromatic carbocycles. The van der Waals surface area contributed by atoms with Gasteiger partial charge in [-0.3, -0.25) is 14.9 Å². The van der Waals surface area contributed by atoms with Crippen LogP contribution in [0.5, 0.6) is 0 Å². The topological polar surface area (TPSA) is 102 Å². The van der Waals surface area contributed by atoms with Crippen LogP contribution in [0.2, 0.25) is 0 Å². The molecule has 0 N–H and O–H groups in total. The van der Waals surface area contributed by atoms with Crippen molar-refractivity contribution in [3.63, 3.8) is 0 Å². The molecule has 0 bridgehead atoms. The zero-order valence-corrected chi connectivity index (χ0v) is 18.5. The van der Waals surface area contributed by atoms with Crippen LogP contribution in [0.25, 0.3) is 6.08 Å². The van der Waals surface area contributed by atoms with Crippen LogP contribution in [0.15, 0.2) is 30.3 Å². The van der Waals surface area contributed by atoms with Crippen molar-refractivity contribution in [2.24, 2.45) is 0 Å². The highest BCUT2D eigenvalue weighted by Crippen LogP contribution is 2.29. The van der Waals surface area contributed by atoms with E-state index in [9.17, 15) is 14.9 Å². The molecule has 2 aliphatic heterocycles. The summed E-state index contributed by atoms with van der Waals surface area (Å²) < 4.78 is 5.87. The van der Waals surface area contributed by atoms with Crippen LogP contribution in [0, 0.1) is 17.0 Å². The lowest BCUT2D eigenvalue weighted by Gasteiger charge is -2.38. The van der Waals surface area contributed by atoms with E-state index in [1.807, 2.05) is 6.92 Å². The fraction of sp³-hybridized carbons (Fsp3) is 0.435. The van der Waals surface area contributed by atoms with E-state index in [4.69, 9.17) is 9.72 Å². The Morgan fingerprint density at radius 3 is 2.53 bits per heavy atom. The Balaban J connectivity index is 1.52. The number of ether oxygens (including phenoxy) is 1. The van der Waals surface area contributed by atoms with Crippen molar-refractivity contribution in [1.82, 2.24) is 14.9 Å². The number of non-ortho nitro benzene ring substituents is 1. The number of aryl methyl sites for hydroxylation is 1. The first kappa shape index (κ1) is 21.9. The average molecular weight is 438 g/mol. The quantitative estimate of drug-likeness (QED) is 0.412. The van der Waals surface area contributed by atoms with Gasteiger partial charge in [0.25, 0.3) is 5.69 Å². The third-order valence-electron chi connectivity index (χ3n) is 5.70. The molecule has 168 valence electrons. The number of nitrogens with zero attached hydrogens (tertiary/aromatic N) is 5. The first-order valence-electron chi connectivity index (χ1n) is 10.8. The van der Waals surface area contributed by atoms with Crippen LogP contribution in [0.4, 0.5) is 11.5 Å². The van der Waals surface area contributed by atoms with Crippen molar-refractivity contribution in [1.29, 1.82) is 0 Å². The number of aromatic nitrogens is 2. The molecule has 0 radical (unpaired) electrons. The van der Waals surface area contributed by atoms with Crippen LogP contribution >= 0.6 is 0 Å². The minimum atomic E-state index is -0.443. The maximum Gasteiger partial charge on any atom is 0.269 e. The van der Waals surface area contributed by atoms with Gasteiger partial charge in [0.1, 0.15) is 11.6 Å². The molecule has 1 aromatic heterocycles. The highest BCUT2D eigenvalue weighted by molar-refractivity contribution is 5.92. The molecule has 3 heterocycles. The highest BCUT2D eigenvalue weighted by atomic mass is 16.6. The zero-order valence-electron chi connectivity index (χ0n) is 18.5. The SMILES string of the molecule is Cc1nc2c(c(N3CC(C)OC(C)C3)n1)CN(C(=O)/C=C/c1ccc([N+](=O)[O-])cc1)CC2. The number of amides is 1. The van der Waals surface area contributed by atoms with Crippen LogP contribution in [-0.2, 0) is 22.5 Å². The fourth-order valence-corrected chi connectivity index (χ4v) is 4.30. The largest absolute Gasteiger partial charge is 0.372 e. The number of benzene rings is 1. The number of hydrogen-bond acceptors (Lipinski definition) is 7. The molecule has 32 heavy (non-hydrogen) atoms. The van der Waals surface area contributed by atoms with E-state index in [-0.39, 0.29) is 23.8 Å². The molecule has 4 rings (SSSR count). The molecule has 0 saturated carbocycles. The van der Waals surface area contributed by atoms with Crippen molar-refractivity contribution in [3.05, 3.63) is 63.1 Å². The minimum absolute atomic E-state index is 0.0238. The van der Waals surface area contributed by atoms with Crippen molar-refractivity contribution in [3.8, 4) is 0 Å². The molecule has 1 amide bonds. The van der Waals surface area contributed by atoms with Gasteiger partial charge in [-0.1, -0.05) is 0 Å². The van der Waals surface area contributed by atoms with E-state index in [2.05, 4.69) is 23.7 Å². The van der Waals surface area contributed by atoms with Crippen LogP contribution in [0.3, 0.4) is 0 Å². The number of nitro groups is 1. The Hall–Kier alpha value is -3.33. The molecule has 9 heteroatoms. The average Bonchev–Trinajstić information content (AvgIpc) is 2.76. The third kappa shape index (κ3) is 4.77. The molecule has 2 atom stereocenters. The summed E-state index contributed by atoms with van der Waals surface area (Å²) in [5, 5.41) is 10.8. The molecule has 1 fully saturated rings. The molecule has 2 aromatic rings. The first-order chi connectivity index (χ1) is 15.3. The molecule has 0 aliphatic carbocycles. The van der Waals surface area contributed by atoms with Gasteiger partial charge in [-0.15, -0.1) is 0 Å². The van der Waals surface area contributed by atoms with Crippen molar-refractivity contribution >= 4 is 23.5 Å². The number of nitro benzene ring substituents is 1. The Kier molecular flexibility index (Phi) is 6.18. The van der Waals surface area contributed by atoms with E-state index in [0.717, 1.165) is 41.6 Å². The van der Waals surface area contributed by atoms with Gasteiger partial charge < -0.3 is 14.5 Å². The van der Waals surface area contributed by atoms with Gasteiger partial charge in [-0.25, -0.2) is 9.97 Å². The smallest absolute Gasteiger partial charge is 0.269 e. The maximum absolute atomic E-state index is 12.9. The lowest BCUT2D eigenvalue weighted by atomic mass is 10.0. The number of morpholine rings is 1. The summed E-state index contributed by atoms with van der Waals surface area (Å²) in [5.74, 6) is 1.53. The molecule has 1 saturated heterocycles. The normalized spacial score (nSPS) is 21.0. The molecule has 2 unspecified atom stereocenters. The predicted molar refractivity (Wildman–Crippen MR) is 120 cm³/mol. The molecule has 2 aliphatic rings. The van der Waals surface area contributed by atoms with Gasteiger partial charge in [0.15, 0.2) is 0 Å². The molecule has 9 nitrogen and oxygen atoms in total. The van der Waals surface area contributed by atoms with Crippen LogP contribution in [-0.4, -0.2) is 57.5 Å². The van der Waals surface area contributed by atoms with E-state index >= 15 is 0 Å². The number of carbonyl (C=O) groups is 1. The number of carbonyl (C=O) groups excluding carboxylic acids is 1. The summed E-state index contributed by atoms with van der Waals surface area (Å²) in [4.78, 5) is 36.6. The van der Waals surface area contributed by atoms with Crippen LogP contribution < -0.4 is 4.90 Å². The second-order valence-corrected chi connectivity index (χ2v) is 8.37. The zero-order chi connectivity index (χ0) is 22.8. The van der Waals surface area contributed by atoms with Gasteiger partial charge >= 0.3 is 0 Å². The fourth-order valence-electron chi connectivity index (χ4n) is 4.30. The van der Waals surface area contributed by atoms with Crippen LogP contribution in [0.1, 0.15) is 36.5 Å². The summed E-state index contributed by atoms with van der Waals surface area (Å²) in [5.41, 5.74) is 2.76. The Morgan fingerprint density at radius 2 is 1.88 bits per heavy atom. The van der Waals surface area contributed by atoms with Gasteiger partial charge in [-0.05, 0) is 44.5 Å². The Bertz CT molecular complexity index is 1040. The van der Waals surface area contributed by atoms with Crippen molar-refractivity contribution < 1.29 is 14.5 Å². The Labute approximate surface area is 186 Å². The van der Waals surface area contributed by atoms with E-state index < -0.39 is 4.92 Å². The highest BCUT2D eigenvalue weighted by Gasteiger charge is 2.30. The number of anilines is 1. The first-order valence-corrected chi connectivity index (χ1v) is 10.8. The maximum atomic E-state index is 12.9. The number of rotatable bonds is 4.